The average molecular weight is 706 g/mol. The van der Waals surface area contributed by atoms with Gasteiger partial charge in [0.25, 0.3) is 5.91 Å². The van der Waals surface area contributed by atoms with Crippen molar-refractivity contribution < 1.29 is 38.1 Å². The van der Waals surface area contributed by atoms with Crippen LogP contribution in [0.5, 0.6) is 11.5 Å². The van der Waals surface area contributed by atoms with Crippen molar-refractivity contribution >= 4 is 52.5 Å². The molecule has 12 nitrogen and oxygen atoms in total. The van der Waals surface area contributed by atoms with E-state index in [4.69, 9.17) is 18.9 Å². The molecule has 14 heteroatoms. The predicted molar refractivity (Wildman–Crippen MR) is 179 cm³/mol. The highest BCUT2D eigenvalue weighted by Crippen LogP contribution is 2.68. The second-order valence-electron chi connectivity index (χ2n) is 12.9. The number of benzene rings is 2. The molecule has 4 heterocycles. The number of ether oxygens (including phenoxy) is 4. The molecule has 3 amide bonds. The topological polar surface area (TPSA) is 145 Å². The number of carbonyl (C=O) groups excluding carboxylic acids is 4. The summed E-state index contributed by atoms with van der Waals surface area (Å²) in [6.07, 6.45) is 0.752. The van der Waals surface area contributed by atoms with Gasteiger partial charge < -0.3 is 28.8 Å². The number of esters is 1. The molecule has 2 aromatic carbocycles. The fourth-order valence-corrected chi connectivity index (χ4v) is 11.5. The van der Waals surface area contributed by atoms with Crippen LogP contribution in [0.3, 0.4) is 0 Å². The summed E-state index contributed by atoms with van der Waals surface area (Å²) in [5.41, 5.74) is 1.72. The largest absolute Gasteiger partial charge is 0.493 e. The number of H-pyrrole nitrogens is 1. The summed E-state index contributed by atoms with van der Waals surface area (Å²) < 4.78 is 22.1. The number of nitrogens with one attached hydrogen (secondary N) is 1. The molecule has 5 aliphatic rings. The summed E-state index contributed by atoms with van der Waals surface area (Å²) >= 11 is 2.80. The Morgan fingerprint density at radius 1 is 0.980 bits per heavy atom. The molecule has 3 aromatic rings. The van der Waals surface area contributed by atoms with Gasteiger partial charge in [0.2, 0.25) is 11.8 Å². The van der Waals surface area contributed by atoms with Gasteiger partial charge in [0, 0.05) is 29.1 Å². The molecule has 1 N–H and O–H groups in total. The maximum absolute atomic E-state index is 14.1. The number of nitrogens with zero attached hydrogens (tertiary/aromatic N) is 2. The van der Waals surface area contributed by atoms with Gasteiger partial charge in [-0.3, -0.25) is 24.1 Å². The lowest BCUT2D eigenvalue weighted by atomic mass is 9.68. The van der Waals surface area contributed by atoms with Crippen LogP contribution in [0.4, 0.5) is 5.69 Å². The quantitative estimate of drug-likeness (QED) is 0.273. The zero-order valence-corrected chi connectivity index (χ0v) is 28.6. The van der Waals surface area contributed by atoms with Crippen LogP contribution in [0.15, 0.2) is 52.3 Å². The second kappa shape index (κ2) is 12.6. The molecule has 3 aliphatic heterocycles. The minimum absolute atomic E-state index is 0.00235. The van der Waals surface area contributed by atoms with Gasteiger partial charge in [-0.15, -0.1) is 11.8 Å². The highest BCUT2D eigenvalue weighted by Gasteiger charge is 2.69. The Morgan fingerprint density at radius 2 is 1.71 bits per heavy atom. The first-order valence-corrected chi connectivity index (χ1v) is 18.2. The van der Waals surface area contributed by atoms with Crippen molar-refractivity contribution in [1.82, 2.24) is 9.88 Å². The van der Waals surface area contributed by atoms with Crippen LogP contribution >= 0.6 is 23.1 Å². The standard InChI is InChI=1S/C35H35N3O9S2/c1-3-46-34(42)17-4-7-19(8-5-17)38-32(40)27-20-15-21(28(27)33(38)41)29-26(20)25(30-31(48-29)36-35(43)49-30)18-6-9-22(23(14-18)44-2)47-16-24(39)37-10-12-45-13-11-37/h4-9,14,20-21,25-29H,3,10-13,15-16H2,1-2H3,(H,36,43)/t20-,21-,25+,26-,27+,28+,29-/m1/s1. The minimum Gasteiger partial charge on any atom is -0.493 e. The highest BCUT2D eigenvalue weighted by atomic mass is 32.2. The summed E-state index contributed by atoms with van der Waals surface area (Å²) in [4.78, 5) is 72.6. The molecule has 0 unspecified atom stereocenters. The van der Waals surface area contributed by atoms with Crippen molar-refractivity contribution in [2.24, 2.45) is 29.6 Å². The molecular weight excluding hydrogens is 671 g/mol. The second-order valence-corrected chi connectivity index (χ2v) is 15.1. The van der Waals surface area contributed by atoms with Gasteiger partial charge in [-0.2, -0.15) is 0 Å². The number of thioether (sulfide) groups is 1. The molecule has 8 rings (SSSR count). The molecule has 4 fully saturated rings. The van der Waals surface area contributed by atoms with E-state index in [0.717, 1.165) is 21.9 Å². The summed E-state index contributed by atoms with van der Waals surface area (Å²) in [6.45, 7) is 3.92. The zero-order valence-electron chi connectivity index (χ0n) is 26.9. The molecule has 2 saturated carbocycles. The van der Waals surface area contributed by atoms with E-state index in [9.17, 15) is 24.0 Å². The number of thiazole rings is 1. The molecule has 1 aromatic heterocycles. The SMILES string of the molecule is CCOC(=O)c1ccc(N2C(=O)[C@H]3[C@H]4C[C@@H]([C@@H]3C2=O)[C@@H]2[C@H](c3ccc(OCC(=O)N5CCOCC5)c(OC)c3)c3sc(=O)[nH]c3S[C@H]42)cc1. The maximum atomic E-state index is 14.1. The summed E-state index contributed by atoms with van der Waals surface area (Å²) in [5, 5.41) is 0.828. The van der Waals surface area contributed by atoms with Gasteiger partial charge >= 0.3 is 10.8 Å². The van der Waals surface area contributed by atoms with E-state index in [-0.39, 0.29) is 64.7 Å². The molecule has 7 atom stereocenters. The third-order valence-corrected chi connectivity index (χ3v) is 13.2. The van der Waals surface area contributed by atoms with Crippen LogP contribution in [-0.4, -0.2) is 85.5 Å². The lowest BCUT2D eigenvalue weighted by Crippen LogP contribution is -2.43. The first-order chi connectivity index (χ1) is 23.8. The number of rotatable bonds is 8. The Morgan fingerprint density at radius 3 is 2.43 bits per heavy atom. The number of hydrogen-bond acceptors (Lipinski definition) is 11. The Balaban J connectivity index is 1.08. The van der Waals surface area contributed by atoms with Crippen molar-refractivity contribution in [2.75, 3.05) is 51.5 Å². The highest BCUT2D eigenvalue weighted by molar-refractivity contribution is 8.00. The van der Waals surface area contributed by atoms with Crippen molar-refractivity contribution in [3.05, 3.63) is 68.1 Å². The predicted octanol–water partition coefficient (Wildman–Crippen LogP) is 3.54. The molecule has 2 aliphatic carbocycles. The molecule has 0 radical (unpaired) electrons. The molecule has 256 valence electrons. The van der Waals surface area contributed by atoms with E-state index in [2.05, 4.69) is 4.98 Å². The molecule has 49 heavy (non-hydrogen) atoms. The van der Waals surface area contributed by atoms with E-state index < -0.39 is 17.8 Å². The summed E-state index contributed by atoms with van der Waals surface area (Å²) in [7, 11) is 1.55. The first-order valence-electron chi connectivity index (χ1n) is 16.5. The number of imide groups is 1. The monoisotopic (exact) mass is 705 g/mol. The van der Waals surface area contributed by atoms with Gasteiger partial charge in [-0.25, -0.2) is 4.79 Å². The molecule has 2 saturated heterocycles. The van der Waals surface area contributed by atoms with E-state index in [1.165, 1.54) is 16.2 Å². The number of aromatic nitrogens is 1. The van der Waals surface area contributed by atoms with Gasteiger partial charge in [-0.1, -0.05) is 17.4 Å². The van der Waals surface area contributed by atoms with Crippen LogP contribution in [0.1, 0.15) is 40.1 Å². The number of anilines is 1. The van der Waals surface area contributed by atoms with Crippen LogP contribution < -0.4 is 19.2 Å². The van der Waals surface area contributed by atoms with E-state index in [1.807, 2.05) is 12.1 Å². The Bertz CT molecular complexity index is 1880. The molecular formula is C35H35N3O9S2. The lowest BCUT2D eigenvalue weighted by molar-refractivity contribution is -0.137. The Hall–Kier alpha value is -4.14. The van der Waals surface area contributed by atoms with Gasteiger partial charge in [-0.05, 0) is 73.1 Å². The van der Waals surface area contributed by atoms with Crippen LogP contribution in [0, 0.1) is 29.6 Å². The van der Waals surface area contributed by atoms with E-state index in [1.54, 1.807) is 61.0 Å². The van der Waals surface area contributed by atoms with Crippen LogP contribution in [-0.2, 0) is 23.9 Å². The lowest BCUT2D eigenvalue weighted by Gasteiger charge is -2.43. The van der Waals surface area contributed by atoms with Crippen molar-refractivity contribution in [3.8, 4) is 11.5 Å². The van der Waals surface area contributed by atoms with Gasteiger partial charge in [0.05, 0.1) is 55.0 Å². The number of hydrogen-bond donors (Lipinski definition) is 1. The molecule has 0 spiro atoms. The summed E-state index contributed by atoms with van der Waals surface area (Å²) in [6, 6.07) is 12.1. The Kier molecular flexibility index (Phi) is 8.27. The number of aromatic amines is 1. The normalized spacial score (nSPS) is 28.2. The smallest absolute Gasteiger partial charge is 0.338 e. The summed E-state index contributed by atoms with van der Waals surface area (Å²) in [5.74, 6) is -1.35. The van der Waals surface area contributed by atoms with E-state index >= 15 is 0 Å². The third-order valence-electron chi connectivity index (χ3n) is 10.6. The fraction of sp³-hybridized carbons (Fsp3) is 0.457. The number of morpholine rings is 1. The average Bonchev–Trinajstić information content (AvgIpc) is 3.86. The number of amides is 3. The van der Waals surface area contributed by atoms with Crippen molar-refractivity contribution in [3.63, 3.8) is 0 Å². The van der Waals surface area contributed by atoms with Gasteiger partial charge in [0.1, 0.15) is 0 Å². The Labute approximate surface area is 290 Å². The fourth-order valence-electron chi connectivity index (χ4n) is 8.65. The van der Waals surface area contributed by atoms with Crippen molar-refractivity contribution in [1.29, 1.82) is 0 Å². The number of methoxy groups -OCH3 is 1. The zero-order chi connectivity index (χ0) is 34.0. The van der Waals surface area contributed by atoms with Crippen molar-refractivity contribution in [2.45, 2.75) is 29.5 Å². The van der Waals surface area contributed by atoms with Crippen LogP contribution in [0.25, 0.3) is 0 Å². The molecule has 2 bridgehead atoms. The van der Waals surface area contributed by atoms with Crippen LogP contribution in [0.2, 0.25) is 0 Å². The number of fused-ring (bicyclic) bond motifs is 9. The van der Waals surface area contributed by atoms with E-state index in [0.29, 0.717) is 49.1 Å². The maximum Gasteiger partial charge on any atom is 0.338 e. The minimum atomic E-state index is -0.473. The van der Waals surface area contributed by atoms with Gasteiger partial charge in [0.15, 0.2) is 18.1 Å². The first kappa shape index (κ1) is 32.1. The number of carbonyl (C=O) groups is 4. The third kappa shape index (κ3) is 5.26.